The van der Waals surface area contributed by atoms with Crippen LogP contribution in [0.25, 0.3) is 0 Å². The number of hydrogen-bond donors (Lipinski definition) is 2. The summed E-state index contributed by atoms with van der Waals surface area (Å²) >= 11 is 0. The molecule has 1 heterocycles. The summed E-state index contributed by atoms with van der Waals surface area (Å²) < 4.78 is 6.09. The molecule has 3 aliphatic rings. The average molecular weight is 646 g/mol. The molecule has 2 aromatic carbocycles. The molecule has 2 fully saturated rings. The summed E-state index contributed by atoms with van der Waals surface area (Å²) in [4.78, 5) is 33.8. The predicted octanol–water partition coefficient (Wildman–Crippen LogP) is 6.97. The Kier molecular flexibility index (Phi) is 16.2. The molecular weight excluding hydrogens is 591 g/mol. The highest BCUT2D eigenvalue weighted by Gasteiger charge is 2.34. The van der Waals surface area contributed by atoms with Crippen LogP contribution in [-0.4, -0.2) is 46.7 Å². The van der Waals surface area contributed by atoms with E-state index in [-0.39, 0.29) is 71.7 Å². The number of carbonyl (C=O) groups excluding carboxylic acids is 2. The van der Waals surface area contributed by atoms with Gasteiger partial charge in [0.2, 0.25) is 11.8 Å². The summed E-state index contributed by atoms with van der Waals surface area (Å²) in [6, 6.07) is 16.1. The molecule has 246 valence electrons. The molecule has 44 heavy (non-hydrogen) atoms. The summed E-state index contributed by atoms with van der Waals surface area (Å²) in [5.74, 6) is 2.47. The summed E-state index contributed by atoms with van der Waals surface area (Å²) in [5.41, 5.74) is 14.1. The molecule has 1 atom stereocenters. The zero-order valence-electron chi connectivity index (χ0n) is 24.6. The Balaban J connectivity index is 0.00000242. The number of rotatable bonds is 9. The number of nitrogens with zero attached hydrogens (tertiary/aromatic N) is 3. The fourth-order valence-corrected chi connectivity index (χ4v) is 6.79. The lowest BCUT2D eigenvalue weighted by atomic mass is 9.81. The van der Waals surface area contributed by atoms with Gasteiger partial charge in [0.1, 0.15) is 11.5 Å². The first-order valence-corrected chi connectivity index (χ1v) is 14.9. The molecule has 10 heteroatoms. The lowest BCUT2D eigenvalue weighted by Crippen LogP contribution is -2.49. The average Bonchev–Trinajstić information content (AvgIpc) is 2.98. The van der Waals surface area contributed by atoms with Gasteiger partial charge in [-0.1, -0.05) is 52.3 Å². The van der Waals surface area contributed by atoms with Crippen LogP contribution in [0.5, 0.6) is 11.5 Å². The van der Waals surface area contributed by atoms with Crippen LogP contribution in [0.1, 0.15) is 91.0 Å². The van der Waals surface area contributed by atoms with E-state index in [0.29, 0.717) is 24.8 Å². The number of benzene rings is 2. The van der Waals surface area contributed by atoms with Crippen LogP contribution in [0.15, 0.2) is 53.5 Å². The first kappa shape index (κ1) is 39.2. The van der Waals surface area contributed by atoms with Gasteiger partial charge >= 0.3 is 0 Å². The van der Waals surface area contributed by atoms with Gasteiger partial charge in [0.15, 0.2) is 5.96 Å². The van der Waals surface area contributed by atoms with Crippen molar-refractivity contribution in [1.29, 1.82) is 0 Å². The van der Waals surface area contributed by atoms with Crippen LogP contribution in [0.2, 0.25) is 0 Å². The SMILES string of the molecule is C.C.CN(C(=O)CC[C@@H](C1CCCCC1)N1Cc2cc(Oc3ccccc3)ccc2N=C1N)C1CCC(C(N)=O)CC1.S.S. The Hall–Kier alpha value is -2.85. The van der Waals surface area contributed by atoms with Crippen LogP contribution in [-0.2, 0) is 16.1 Å². The van der Waals surface area contributed by atoms with E-state index in [2.05, 4.69) is 11.0 Å². The third-order valence-electron chi connectivity index (χ3n) is 9.19. The smallest absolute Gasteiger partial charge is 0.222 e. The Morgan fingerprint density at radius 2 is 1.61 bits per heavy atom. The Morgan fingerprint density at radius 3 is 2.25 bits per heavy atom. The van der Waals surface area contributed by atoms with Crippen LogP contribution in [0.4, 0.5) is 5.69 Å². The Labute approximate surface area is 278 Å². The zero-order valence-corrected chi connectivity index (χ0v) is 26.6. The topological polar surface area (TPSA) is 114 Å². The van der Waals surface area contributed by atoms with Gasteiger partial charge in [-0.15, -0.1) is 0 Å². The van der Waals surface area contributed by atoms with Gasteiger partial charge in [0.05, 0.1) is 5.69 Å². The molecule has 5 rings (SSSR count). The molecule has 4 N–H and O–H groups in total. The van der Waals surface area contributed by atoms with Crippen molar-refractivity contribution in [2.24, 2.45) is 28.3 Å². The first-order chi connectivity index (χ1) is 19.4. The van der Waals surface area contributed by atoms with Gasteiger partial charge in [0, 0.05) is 43.6 Å². The zero-order chi connectivity index (χ0) is 28.1. The number of guanidine groups is 1. The molecule has 0 bridgehead atoms. The van der Waals surface area contributed by atoms with Crippen LogP contribution in [0.3, 0.4) is 0 Å². The van der Waals surface area contributed by atoms with E-state index in [0.717, 1.165) is 67.7 Å². The van der Waals surface area contributed by atoms with Crippen molar-refractivity contribution in [1.82, 2.24) is 9.80 Å². The fraction of sp³-hybridized carbons (Fsp3) is 0.559. The second-order valence-corrected chi connectivity index (χ2v) is 11.7. The first-order valence-electron chi connectivity index (χ1n) is 14.9. The van der Waals surface area contributed by atoms with Crippen LogP contribution >= 0.6 is 27.0 Å². The van der Waals surface area contributed by atoms with Gasteiger partial charge in [0.25, 0.3) is 0 Å². The van der Waals surface area contributed by atoms with E-state index in [4.69, 9.17) is 21.2 Å². The molecule has 0 aromatic heterocycles. The number of hydrogen-bond acceptors (Lipinski definition) is 6. The minimum atomic E-state index is -0.219. The standard InChI is InChI=1S/C32H43N5O3.2CH4.2H2S/c1-36(25-14-12-23(13-15-25)31(33)39)30(38)19-18-29(22-8-4-2-5-9-22)37-21-24-20-27(16-17-28(24)35-32(37)34)40-26-10-6-3-7-11-26;;;;/h3,6-7,10-11,16-17,20,22-23,25,29H,2,4-5,8-9,12-15,18-19,21H2,1H3,(H2,33,39)(H2,34,35);2*1H4;2*1H2/t23?,25?,29-;;;;/m0..../s1. The number of aliphatic imine (C=N–C) groups is 1. The van der Waals surface area contributed by atoms with Gasteiger partial charge in [-0.25, -0.2) is 4.99 Å². The molecule has 2 aromatic rings. The van der Waals surface area contributed by atoms with Crippen molar-refractivity contribution in [2.45, 2.75) is 104 Å². The summed E-state index contributed by atoms with van der Waals surface area (Å²) in [6.07, 6.45) is 10.4. The number of carbonyl (C=O) groups is 2. The fourth-order valence-electron chi connectivity index (χ4n) is 6.79. The van der Waals surface area contributed by atoms with Crippen molar-refractivity contribution in [3.8, 4) is 11.5 Å². The molecule has 8 nitrogen and oxygen atoms in total. The van der Waals surface area contributed by atoms with E-state index in [1.165, 1.54) is 19.3 Å². The van der Waals surface area contributed by atoms with E-state index >= 15 is 0 Å². The number of nitrogens with two attached hydrogens (primary N) is 2. The van der Waals surface area contributed by atoms with E-state index in [1.807, 2.05) is 54.4 Å². The quantitative estimate of drug-likeness (QED) is 0.306. The van der Waals surface area contributed by atoms with Gasteiger partial charge < -0.3 is 26.0 Å². The van der Waals surface area contributed by atoms with Crippen molar-refractivity contribution in [3.05, 3.63) is 54.1 Å². The molecule has 2 aliphatic carbocycles. The van der Waals surface area contributed by atoms with Gasteiger partial charge in [-0.3, -0.25) is 9.59 Å². The second kappa shape index (κ2) is 18.2. The number of amides is 2. The second-order valence-electron chi connectivity index (χ2n) is 11.7. The number of para-hydroxylation sites is 1. The van der Waals surface area contributed by atoms with E-state index in [1.54, 1.807) is 0 Å². The maximum Gasteiger partial charge on any atom is 0.222 e. The summed E-state index contributed by atoms with van der Waals surface area (Å²) in [6.45, 7) is 0.652. The third kappa shape index (κ3) is 9.57. The minimum absolute atomic E-state index is 0. The number of primary amides is 1. The minimum Gasteiger partial charge on any atom is -0.457 e. The van der Waals surface area contributed by atoms with Crippen LogP contribution in [0, 0.1) is 11.8 Å². The predicted molar refractivity (Wildman–Crippen MR) is 191 cm³/mol. The van der Waals surface area contributed by atoms with Gasteiger partial charge in [-0.2, -0.15) is 27.0 Å². The monoisotopic (exact) mass is 645 g/mol. The molecule has 0 spiro atoms. The Bertz CT molecular complexity index is 1210. The maximum absolute atomic E-state index is 13.4. The molecule has 0 saturated heterocycles. The van der Waals surface area contributed by atoms with Crippen LogP contribution < -0.4 is 16.2 Å². The van der Waals surface area contributed by atoms with Gasteiger partial charge in [-0.05, 0) is 81.2 Å². The molecule has 1 aliphatic heterocycles. The summed E-state index contributed by atoms with van der Waals surface area (Å²) in [7, 11) is 1.91. The number of fused-ring (bicyclic) bond motifs is 1. The molecular formula is C34H55N5O3S2. The lowest BCUT2D eigenvalue weighted by Gasteiger charge is -2.41. The number of ether oxygens (including phenoxy) is 1. The largest absolute Gasteiger partial charge is 0.457 e. The Morgan fingerprint density at radius 1 is 0.955 bits per heavy atom. The van der Waals surface area contributed by atoms with Crippen molar-refractivity contribution in [2.75, 3.05) is 7.05 Å². The molecule has 0 unspecified atom stereocenters. The van der Waals surface area contributed by atoms with Crippen molar-refractivity contribution < 1.29 is 14.3 Å². The van der Waals surface area contributed by atoms with Crippen molar-refractivity contribution >= 4 is 50.5 Å². The molecule has 2 saturated carbocycles. The lowest BCUT2D eigenvalue weighted by molar-refractivity contribution is -0.133. The summed E-state index contributed by atoms with van der Waals surface area (Å²) in [5, 5.41) is 0. The third-order valence-corrected chi connectivity index (χ3v) is 9.19. The van der Waals surface area contributed by atoms with E-state index in [9.17, 15) is 9.59 Å². The highest BCUT2D eigenvalue weighted by Crippen LogP contribution is 2.37. The van der Waals surface area contributed by atoms with Crippen molar-refractivity contribution in [3.63, 3.8) is 0 Å². The molecule has 0 radical (unpaired) electrons. The normalized spacial score (nSPS) is 20.1. The molecule has 2 amide bonds. The maximum atomic E-state index is 13.4. The highest BCUT2D eigenvalue weighted by molar-refractivity contribution is 7.59. The van der Waals surface area contributed by atoms with E-state index < -0.39 is 0 Å². The highest BCUT2D eigenvalue weighted by atomic mass is 32.1.